The molecule has 6 nitrogen and oxygen atoms in total. The van der Waals surface area contributed by atoms with Crippen molar-refractivity contribution in [3.63, 3.8) is 0 Å². The first-order valence-electron chi connectivity index (χ1n) is 6.02. The fourth-order valence-corrected chi connectivity index (χ4v) is 2.27. The Bertz CT molecular complexity index is 794. The van der Waals surface area contributed by atoms with Gasteiger partial charge in [0.05, 0.1) is 27.1 Å². The number of benzene rings is 2. The number of nitro groups is 1. The molecule has 2 aromatic rings. The maximum atomic E-state index is 11.8. The topological polar surface area (TPSA) is 78.7 Å². The van der Waals surface area contributed by atoms with Gasteiger partial charge >= 0.3 is 5.97 Å². The van der Waals surface area contributed by atoms with Gasteiger partial charge in [-0.05, 0) is 12.1 Å². The largest absolute Gasteiger partial charge is 0.465 e. The SMILES string of the molecule is COC(=O)c1cc([N+](=O)[O-])ccc1Oc1cc(Cl)c(Cl)cc1Cl. The highest BCUT2D eigenvalue weighted by Crippen LogP contribution is 2.38. The molecule has 0 unspecified atom stereocenters. The van der Waals surface area contributed by atoms with Crippen LogP contribution >= 0.6 is 34.8 Å². The van der Waals surface area contributed by atoms with E-state index in [1.165, 1.54) is 24.3 Å². The van der Waals surface area contributed by atoms with Crippen LogP contribution in [0.25, 0.3) is 0 Å². The van der Waals surface area contributed by atoms with Crippen molar-refractivity contribution in [3.8, 4) is 11.5 Å². The molecule has 0 spiro atoms. The summed E-state index contributed by atoms with van der Waals surface area (Å²) in [5, 5.41) is 11.4. The van der Waals surface area contributed by atoms with Gasteiger partial charge in [-0.1, -0.05) is 34.8 Å². The fourth-order valence-electron chi connectivity index (χ4n) is 1.69. The van der Waals surface area contributed by atoms with E-state index in [1.54, 1.807) is 0 Å². The summed E-state index contributed by atoms with van der Waals surface area (Å²) in [6, 6.07) is 6.25. The molecule has 0 heterocycles. The molecule has 0 saturated heterocycles. The van der Waals surface area contributed by atoms with Crippen molar-refractivity contribution >= 4 is 46.5 Å². The van der Waals surface area contributed by atoms with Gasteiger partial charge in [0.25, 0.3) is 5.69 Å². The number of nitro benzene ring substituents is 1. The van der Waals surface area contributed by atoms with E-state index in [2.05, 4.69) is 4.74 Å². The fraction of sp³-hybridized carbons (Fsp3) is 0.0714. The lowest BCUT2D eigenvalue weighted by Gasteiger charge is -2.12. The van der Waals surface area contributed by atoms with Crippen molar-refractivity contribution in [1.82, 2.24) is 0 Å². The van der Waals surface area contributed by atoms with Crippen LogP contribution in [0.2, 0.25) is 15.1 Å². The zero-order valence-corrected chi connectivity index (χ0v) is 13.8. The van der Waals surface area contributed by atoms with E-state index in [0.717, 1.165) is 13.2 Å². The Labute approximate surface area is 145 Å². The molecule has 9 heteroatoms. The van der Waals surface area contributed by atoms with Gasteiger partial charge in [-0.3, -0.25) is 10.1 Å². The number of nitrogens with zero attached hydrogens (tertiary/aromatic N) is 1. The van der Waals surface area contributed by atoms with Gasteiger partial charge in [0.15, 0.2) is 0 Å². The number of ether oxygens (including phenoxy) is 2. The first kappa shape index (κ1) is 17.3. The number of methoxy groups -OCH3 is 1. The first-order chi connectivity index (χ1) is 10.8. The van der Waals surface area contributed by atoms with Crippen LogP contribution in [-0.4, -0.2) is 18.0 Å². The second-order valence-corrected chi connectivity index (χ2v) is 5.45. The highest BCUT2D eigenvalue weighted by atomic mass is 35.5. The first-order valence-corrected chi connectivity index (χ1v) is 7.16. The summed E-state index contributed by atoms with van der Waals surface area (Å²) in [5.74, 6) is -0.623. The highest BCUT2D eigenvalue weighted by molar-refractivity contribution is 6.43. The Morgan fingerprint density at radius 2 is 1.70 bits per heavy atom. The Morgan fingerprint density at radius 1 is 1.04 bits per heavy atom. The molecule has 0 N–H and O–H groups in total. The molecule has 0 aliphatic heterocycles. The molecule has 0 amide bonds. The summed E-state index contributed by atoms with van der Waals surface area (Å²) in [7, 11) is 1.15. The van der Waals surface area contributed by atoms with E-state index in [1.807, 2.05) is 0 Å². The van der Waals surface area contributed by atoms with Crippen LogP contribution in [-0.2, 0) is 4.74 Å². The normalized spacial score (nSPS) is 10.3. The number of halogens is 3. The van der Waals surface area contributed by atoms with Crippen LogP contribution in [0.15, 0.2) is 30.3 Å². The van der Waals surface area contributed by atoms with Gasteiger partial charge in [-0.2, -0.15) is 0 Å². The summed E-state index contributed by atoms with van der Waals surface area (Å²) >= 11 is 17.7. The third-order valence-electron chi connectivity index (χ3n) is 2.77. The summed E-state index contributed by atoms with van der Waals surface area (Å²) < 4.78 is 10.1. The quantitative estimate of drug-likeness (QED) is 0.320. The van der Waals surface area contributed by atoms with E-state index < -0.39 is 10.9 Å². The standard InChI is InChI=1S/C14H8Cl3NO5/c1-22-14(19)8-4-7(18(20)21)2-3-12(8)23-13-6-10(16)9(15)5-11(13)17/h2-6H,1H3. The third-order valence-corrected chi connectivity index (χ3v) is 3.79. The van der Waals surface area contributed by atoms with Crippen molar-refractivity contribution in [2.75, 3.05) is 7.11 Å². The number of carbonyl (C=O) groups excluding carboxylic acids is 1. The van der Waals surface area contributed by atoms with Crippen LogP contribution in [0.1, 0.15) is 10.4 Å². The average molecular weight is 377 g/mol. The molecule has 0 radical (unpaired) electrons. The molecule has 120 valence electrons. The van der Waals surface area contributed by atoms with Crippen LogP contribution in [0, 0.1) is 10.1 Å². The van der Waals surface area contributed by atoms with Crippen LogP contribution < -0.4 is 4.74 Å². The Hall–Kier alpha value is -2.02. The minimum absolute atomic E-state index is 0.0303. The Morgan fingerprint density at radius 3 is 2.30 bits per heavy atom. The van der Waals surface area contributed by atoms with Gasteiger partial charge < -0.3 is 9.47 Å². The summed E-state index contributed by atoms with van der Waals surface area (Å²) in [5.41, 5.74) is -0.401. The minimum Gasteiger partial charge on any atom is -0.465 e. The lowest BCUT2D eigenvalue weighted by atomic mass is 10.2. The predicted octanol–water partition coefficient (Wildman–Crippen LogP) is 5.13. The van der Waals surface area contributed by atoms with Gasteiger partial charge in [0.1, 0.15) is 17.1 Å². The molecule has 0 aliphatic carbocycles. The van der Waals surface area contributed by atoms with Gasteiger partial charge in [-0.15, -0.1) is 0 Å². The van der Waals surface area contributed by atoms with Crippen molar-refractivity contribution in [2.45, 2.75) is 0 Å². The number of hydrogen-bond donors (Lipinski definition) is 0. The average Bonchev–Trinajstić information content (AvgIpc) is 2.51. The minimum atomic E-state index is -0.792. The summed E-state index contributed by atoms with van der Waals surface area (Å²) in [4.78, 5) is 22.0. The van der Waals surface area contributed by atoms with Crippen molar-refractivity contribution in [3.05, 3.63) is 61.1 Å². The molecular weight excluding hydrogens is 369 g/mol. The Kier molecular flexibility index (Phi) is 5.30. The van der Waals surface area contributed by atoms with E-state index in [-0.39, 0.29) is 37.8 Å². The smallest absolute Gasteiger partial charge is 0.341 e. The van der Waals surface area contributed by atoms with E-state index in [9.17, 15) is 14.9 Å². The van der Waals surface area contributed by atoms with Crippen LogP contribution in [0.3, 0.4) is 0 Å². The zero-order valence-electron chi connectivity index (χ0n) is 11.5. The van der Waals surface area contributed by atoms with Crippen molar-refractivity contribution in [1.29, 1.82) is 0 Å². The van der Waals surface area contributed by atoms with Crippen LogP contribution in [0.4, 0.5) is 5.69 Å². The molecule has 0 aliphatic rings. The number of hydrogen-bond acceptors (Lipinski definition) is 5. The molecular formula is C14H8Cl3NO5. The summed E-state index contributed by atoms with van der Waals surface area (Å²) in [6.45, 7) is 0. The van der Waals surface area contributed by atoms with Crippen molar-refractivity contribution < 1.29 is 19.2 Å². The van der Waals surface area contributed by atoms with Crippen LogP contribution in [0.5, 0.6) is 11.5 Å². The van der Waals surface area contributed by atoms with Crippen molar-refractivity contribution in [2.24, 2.45) is 0 Å². The molecule has 0 aromatic heterocycles. The lowest BCUT2D eigenvalue weighted by molar-refractivity contribution is -0.384. The molecule has 0 fully saturated rings. The molecule has 0 saturated carbocycles. The molecule has 2 aromatic carbocycles. The lowest BCUT2D eigenvalue weighted by Crippen LogP contribution is -2.05. The predicted molar refractivity (Wildman–Crippen MR) is 86.0 cm³/mol. The summed E-state index contributed by atoms with van der Waals surface area (Å²) in [6.07, 6.45) is 0. The molecule has 0 atom stereocenters. The highest BCUT2D eigenvalue weighted by Gasteiger charge is 2.20. The van der Waals surface area contributed by atoms with Gasteiger partial charge in [0.2, 0.25) is 0 Å². The van der Waals surface area contributed by atoms with Gasteiger partial charge in [-0.25, -0.2) is 4.79 Å². The monoisotopic (exact) mass is 375 g/mol. The van der Waals surface area contributed by atoms with E-state index >= 15 is 0 Å². The maximum Gasteiger partial charge on any atom is 0.341 e. The second-order valence-electron chi connectivity index (χ2n) is 4.23. The molecule has 2 rings (SSSR count). The molecule has 23 heavy (non-hydrogen) atoms. The van der Waals surface area contributed by atoms with Gasteiger partial charge in [0, 0.05) is 18.2 Å². The molecule has 0 bridgehead atoms. The second kappa shape index (κ2) is 7.04. The number of rotatable bonds is 4. The van der Waals surface area contributed by atoms with E-state index in [0.29, 0.717) is 0 Å². The maximum absolute atomic E-state index is 11.8. The van der Waals surface area contributed by atoms with E-state index in [4.69, 9.17) is 39.5 Å². The number of non-ortho nitro benzene ring substituents is 1. The zero-order chi connectivity index (χ0) is 17.1. The third kappa shape index (κ3) is 3.85. The number of carbonyl (C=O) groups is 1. The Balaban J connectivity index is 2.49. The number of esters is 1.